The number of halogens is 5. The maximum atomic E-state index is 12.9. The van der Waals surface area contributed by atoms with Crippen molar-refractivity contribution in [1.29, 1.82) is 0 Å². The molecule has 0 spiro atoms. The number of hydrogen-bond donors (Lipinski definition) is 1. The molecular formula is C25H23Cl2F3N4O. The average molecular weight is 523 g/mol. The van der Waals surface area contributed by atoms with Gasteiger partial charge in [0, 0.05) is 60.7 Å². The molecule has 0 aliphatic carbocycles. The second-order valence-electron chi connectivity index (χ2n) is 8.87. The molecule has 10 heteroatoms. The number of benzene rings is 1. The van der Waals surface area contributed by atoms with Crippen LogP contribution in [0.25, 0.3) is 27.7 Å². The Morgan fingerprint density at radius 2 is 1.83 bits per heavy atom. The lowest BCUT2D eigenvalue weighted by Crippen LogP contribution is -2.32. The Hall–Kier alpha value is -2.81. The zero-order valence-electron chi connectivity index (χ0n) is 18.7. The Kier molecular flexibility index (Phi) is 6.51. The number of aromatic nitrogens is 3. The molecular weight excluding hydrogens is 500 g/mol. The van der Waals surface area contributed by atoms with Gasteiger partial charge >= 0.3 is 6.18 Å². The van der Waals surface area contributed by atoms with Crippen LogP contribution in [0.2, 0.25) is 0 Å². The van der Waals surface area contributed by atoms with E-state index in [9.17, 15) is 18.0 Å². The van der Waals surface area contributed by atoms with Gasteiger partial charge in [0.05, 0.1) is 11.2 Å². The molecule has 1 N–H and O–H groups in total. The van der Waals surface area contributed by atoms with E-state index in [0.29, 0.717) is 23.2 Å². The topological polar surface area (TPSA) is 51.9 Å². The summed E-state index contributed by atoms with van der Waals surface area (Å²) in [5.74, 6) is 0. The third-order valence-electron chi connectivity index (χ3n) is 6.96. The highest BCUT2D eigenvalue weighted by Crippen LogP contribution is 2.41. The van der Waals surface area contributed by atoms with Gasteiger partial charge < -0.3 is 9.88 Å². The molecule has 2 aliphatic rings. The van der Waals surface area contributed by atoms with E-state index in [2.05, 4.69) is 28.0 Å². The first kappa shape index (κ1) is 25.3. The molecule has 0 amide bonds. The number of fused-ring (bicyclic) bond motifs is 6. The van der Waals surface area contributed by atoms with Crippen molar-refractivity contribution in [2.24, 2.45) is 7.05 Å². The second-order valence-corrected chi connectivity index (χ2v) is 8.87. The number of nitrogens with zero attached hydrogens (tertiary/aromatic N) is 3. The fraction of sp³-hybridized carbons (Fsp3) is 0.280. The van der Waals surface area contributed by atoms with Gasteiger partial charge in [-0.3, -0.25) is 14.3 Å². The molecule has 4 aromatic rings. The molecule has 2 unspecified atom stereocenters. The summed E-state index contributed by atoms with van der Waals surface area (Å²) >= 11 is 0. The molecule has 5 nitrogen and oxygen atoms in total. The molecule has 0 saturated carbocycles. The van der Waals surface area contributed by atoms with Crippen LogP contribution >= 0.6 is 24.8 Å². The maximum absolute atomic E-state index is 12.9. The summed E-state index contributed by atoms with van der Waals surface area (Å²) in [6.07, 6.45) is 1.68. The van der Waals surface area contributed by atoms with Crippen LogP contribution in [-0.4, -0.2) is 20.2 Å². The van der Waals surface area contributed by atoms with Crippen molar-refractivity contribution in [3.8, 4) is 16.8 Å². The van der Waals surface area contributed by atoms with Crippen molar-refractivity contribution in [3.63, 3.8) is 0 Å². The van der Waals surface area contributed by atoms with Gasteiger partial charge in [-0.1, -0.05) is 12.1 Å². The lowest BCUT2D eigenvalue weighted by atomic mass is 9.99. The molecule has 0 radical (unpaired) electrons. The van der Waals surface area contributed by atoms with Crippen molar-refractivity contribution in [2.45, 2.75) is 37.5 Å². The van der Waals surface area contributed by atoms with Gasteiger partial charge in [-0.15, -0.1) is 24.8 Å². The standard InChI is InChI=1S/C25H21F3N4O.2ClH/c1-31-20-12-17(4-5-18(20)24-19-6-3-16(30-19)11-21(24)31)32-9-8-14(10-23(32)33)15-2-7-22(29-13-15)25(26,27)28;;/h2,4-5,7-10,12-13,16,19,30H,3,6,11H2,1H3;2*1H. The predicted octanol–water partition coefficient (Wildman–Crippen LogP) is 5.60. The fourth-order valence-corrected chi connectivity index (χ4v) is 5.34. The highest BCUT2D eigenvalue weighted by molar-refractivity contribution is 5.88. The normalized spacial score (nSPS) is 18.6. The molecule has 1 saturated heterocycles. The van der Waals surface area contributed by atoms with Crippen LogP contribution in [0.4, 0.5) is 13.2 Å². The molecule has 3 aromatic heterocycles. The lowest BCUT2D eigenvalue weighted by molar-refractivity contribution is -0.141. The zero-order valence-corrected chi connectivity index (χ0v) is 20.3. The zero-order chi connectivity index (χ0) is 22.9. The first-order chi connectivity index (χ1) is 15.8. The first-order valence-electron chi connectivity index (χ1n) is 10.9. The molecule has 5 heterocycles. The Labute approximate surface area is 211 Å². The molecule has 2 bridgehead atoms. The Bertz CT molecular complexity index is 1460. The summed E-state index contributed by atoms with van der Waals surface area (Å²) in [6, 6.07) is 12.4. The molecule has 35 heavy (non-hydrogen) atoms. The summed E-state index contributed by atoms with van der Waals surface area (Å²) in [4.78, 5) is 16.4. The molecule has 1 aromatic carbocycles. The third-order valence-corrected chi connectivity index (χ3v) is 6.96. The highest BCUT2D eigenvalue weighted by Gasteiger charge is 2.36. The monoisotopic (exact) mass is 522 g/mol. The van der Waals surface area contributed by atoms with Gasteiger partial charge in [-0.05, 0) is 48.2 Å². The van der Waals surface area contributed by atoms with Crippen molar-refractivity contribution in [2.75, 3.05) is 0 Å². The number of alkyl halides is 3. The summed E-state index contributed by atoms with van der Waals surface area (Å²) < 4.78 is 42.1. The smallest absolute Gasteiger partial charge is 0.347 e. The predicted molar refractivity (Wildman–Crippen MR) is 134 cm³/mol. The Morgan fingerprint density at radius 1 is 1.03 bits per heavy atom. The van der Waals surface area contributed by atoms with E-state index < -0.39 is 11.9 Å². The van der Waals surface area contributed by atoms with Gasteiger partial charge in [0.25, 0.3) is 5.56 Å². The van der Waals surface area contributed by atoms with Gasteiger partial charge in [-0.25, -0.2) is 0 Å². The lowest BCUT2D eigenvalue weighted by Gasteiger charge is -2.23. The maximum Gasteiger partial charge on any atom is 0.433 e. The van der Waals surface area contributed by atoms with Crippen molar-refractivity contribution < 1.29 is 13.2 Å². The quantitative estimate of drug-likeness (QED) is 0.372. The van der Waals surface area contributed by atoms with Crippen LogP contribution in [0.3, 0.4) is 0 Å². The summed E-state index contributed by atoms with van der Waals surface area (Å²) in [5, 5.41) is 4.92. The van der Waals surface area contributed by atoms with E-state index >= 15 is 0 Å². The minimum atomic E-state index is -4.49. The second kappa shape index (κ2) is 9.00. The SMILES string of the molecule is Cl.Cl.Cn1c2c(c3ccc(-n4ccc(-c5ccc(C(F)(F)F)nc5)cc4=O)cc31)C1CCC(C2)N1. The molecule has 2 aliphatic heterocycles. The van der Waals surface area contributed by atoms with Crippen LogP contribution in [0.5, 0.6) is 0 Å². The third kappa shape index (κ3) is 4.13. The van der Waals surface area contributed by atoms with E-state index in [4.69, 9.17) is 0 Å². The fourth-order valence-electron chi connectivity index (χ4n) is 5.34. The summed E-state index contributed by atoms with van der Waals surface area (Å²) in [7, 11) is 2.08. The largest absolute Gasteiger partial charge is 0.433 e. The molecule has 184 valence electrons. The average Bonchev–Trinajstić information content (AvgIpc) is 3.31. The molecule has 2 atom stereocenters. The minimum Gasteiger partial charge on any atom is -0.347 e. The minimum absolute atomic E-state index is 0. The van der Waals surface area contributed by atoms with E-state index in [0.717, 1.165) is 36.3 Å². The summed E-state index contributed by atoms with van der Waals surface area (Å²) in [5.41, 5.74) is 4.36. The van der Waals surface area contributed by atoms with Gasteiger partial charge in [0.15, 0.2) is 0 Å². The van der Waals surface area contributed by atoms with Crippen molar-refractivity contribution >= 4 is 35.7 Å². The van der Waals surface area contributed by atoms with Crippen LogP contribution < -0.4 is 10.9 Å². The van der Waals surface area contributed by atoms with Gasteiger partial charge in [0.2, 0.25) is 0 Å². The number of pyridine rings is 2. The molecule has 6 rings (SSSR count). The van der Waals surface area contributed by atoms with E-state index in [-0.39, 0.29) is 30.4 Å². The summed E-state index contributed by atoms with van der Waals surface area (Å²) in [6.45, 7) is 0. The van der Waals surface area contributed by atoms with Gasteiger partial charge in [-0.2, -0.15) is 13.2 Å². The molecule has 1 fully saturated rings. The van der Waals surface area contributed by atoms with Crippen LogP contribution in [0.15, 0.2) is 59.7 Å². The first-order valence-corrected chi connectivity index (χ1v) is 10.9. The Morgan fingerprint density at radius 3 is 2.51 bits per heavy atom. The van der Waals surface area contributed by atoms with Gasteiger partial charge in [0.1, 0.15) is 5.69 Å². The highest BCUT2D eigenvalue weighted by atomic mass is 35.5. The van der Waals surface area contributed by atoms with E-state index in [1.54, 1.807) is 16.8 Å². The van der Waals surface area contributed by atoms with Crippen LogP contribution in [-0.2, 0) is 19.6 Å². The Balaban J connectivity index is 0.00000144. The number of aryl methyl sites for hydroxylation is 1. The number of nitrogens with one attached hydrogen (secondary N) is 1. The number of rotatable bonds is 2. The van der Waals surface area contributed by atoms with E-state index in [1.165, 1.54) is 35.2 Å². The van der Waals surface area contributed by atoms with Crippen LogP contribution in [0.1, 0.15) is 35.8 Å². The number of hydrogen-bond acceptors (Lipinski definition) is 3. The van der Waals surface area contributed by atoms with Crippen molar-refractivity contribution in [3.05, 3.63) is 82.2 Å². The van der Waals surface area contributed by atoms with Crippen molar-refractivity contribution in [1.82, 2.24) is 19.4 Å². The van der Waals surface area contributed by atoms with Crippen LogP contribution in [0, 0.1) is 0 Å². The van der Waals surface area contributed by atoms with E-state index in [1.807, 2.05) is 12.1 Å².